The number of fused-ring (bicyclic) bond motifs is 1. The molecular weight excluding hydrogens is 312 g/mol. The Bertz CT molecular complexity index is 787. The Morgan fingerprint density at radius 1 is 1.39 bits per heavy atom. The van der Waals surface area contributed by atoms with Gasteiger partial charge in [-0.15, -0.1) is 5.10 Å². The number of aryl methyl sites for hydroxylation is 1. The van der Waals surface area contributed by atoms with Crippen LogP contribution in [0.25, 0.3) is 4.96 Å². The van der Waals surface area contributed by atoms with Gasteiger partial charge in [0.15, 0.2) is 17.6 Å². The minimum absolute atomic E-state index is 0.0175. The lowest BCUT2D eigenvalue weighted by Crippen LogP contribution is -3.13. The summed E-state index contributed by atoms with van der Waals surface area (Å²) >= 11 is 1.52. The van der Waals surface area contributed by atoms with Crippen LogP contribution >= 0.6 is 11.3 Å². The number of rotatable bonds is 4. The molecule has 0 bridgehead atoms. The molecule has 4 rings (SSSR count). The lowest BCUT2D eigenvalue weighted by molar-refractivity contribution is -0.930. The number of aromatic hydroxyl groups is 1. The maximum atomic E-state index is 10.7. The zero-order valence-electron chi connectivity index (χ0n) is 13.2. The number of nitrogens with one attached hydrogen (secondary N) is 1. The summed E-state index contributed by atoms with van der Waals surface area (Å²) in [7, 11) is 0. The highest BCUT2D eigenvalue weighted by Gasteiger charge is 2.35. The summed E-state index contributed by atoms with van der Waals surface area (Å²) in [6.07, 6.45) is 6.19. The average molecular weight is 333 g/mol. The van der Waals surface area contributed by atoms with Crippen LogP contribution < -0.4 is 4.90 Å². The summed E-state index contributed by atoms with van der Waals surface area (Å²) < 4.78 is 7.27. The van der Waals surface area contributed by atoms with Crippen LogP contribution in [0.1, 0.15) is 48.7 Å². The third-order valence-electron chi connectivity index (χ3n) is 4.55. The number of hydrogen-bond acceptors (Lipinski definition) is 5. The predicted octanol–water partition coefficient (Wildman–Crippen LogP) is 1.81. The van der Waals surface area contributed by atoms with Gasteiger partial charge in [-0.2, -0.15) is 4.52 Å². The molecule has 1 fully saturated rings. The van der Waals surface area contributed by atoms with E-state index in [9.17, 15) is 5.11 Å². The van der Waals surface area contributed by atoms with E-state index < -0.39 is 0 Å². The van der Waals surface area contributed by atoms with Crippen molar-refractivity contribution in [3.63, 3.8) is 0 Å². The SMILES string of the molecule is CCc1nc2sc([C@@H](c3ccco3)[NH+]3CCCCC3)c(O)n2n1. The monoisotopic (exact) mass is 333 g/mol. The van der Waals surface area contributed by atoms with Crippen LogP contribution in [0, 0.1) is 0 Å². The molecular formula is C16H21N4O2S+. The van der Waals surface area contributed by atoms with Crippen LogP contribution in [0.3, 0.4) is 0 Å². The Balaban J connectivity index is 1.79. The second-order valence-electron chi connectivity index (χ2n) is 6.03. The van der Waals surface area contributed by atoms with Crippen LogP contribution in [0.2, 0.25) is 0 Å². The Hall–Kier alpha value is -1.86. The van der Waals surface area contributed by atoms with Crippen molar-refractivity contribution in [1.29, 1.82) is 0 Å². The second kappa shape index (κ2) is 5.98. The first-order valence-electron chi connectivity index (χ1n) is 8.23. The van der Waals surface area contributed by atoms with Gasteiger partial charge in [-0.25, -0.2) is 4.98 Å². The van der Waals surface area contributed by atoms with Crippen molar-refractivity contribution in [2.75, 3.05) is 13.1 Å². The summed E-state index contributed by atoms with van der Waals surface area (Å²) in [6.45, 7) is 4.21. The van der Waals surface area contributed by atoms with Gasteiger partial charge in [0.1, 0.15) is 4.88 Å². The van der Waals surface area contributed by atoms with Crippen molar-refractivity contribution in [3.8, 4) is 5.88 Å². The van der Waals surface area contributed by atoms with Crippen LogP contribution in [-0.4, -0.2) is 32.8 Å². The fourth-order valence-electron chi connectivity index (χ4n) is 3.39. The second-order valence-corrected chi connectivity index (χ2v) is 7.04. The third kappa shape index (κ3) is 2.53. The normalized spacial score (nSPS) is 17.8. The molecule has 1 aliphatic rings. The van der Waals surface area contributed by atoms with Crippen LogP contribution in [0.4, 0.5) is 0 Å². The van der Waals surface area contributed by atoms with Gasteiger partial charge in [0.25, 0.3) is 0 Å². The minimum Gasteiger partial charge on any atom is -0.492 e. The maximum absolute atomic E-state index is 10.7. The molecule has 0 saturated carbocycles. The first-order chi connectivity index (χ1) is 11.3. The van der Waals surface area contributed by atoms with Gasteiger partial charge in [-0.3, -0.25) is 0 Å². The van der Waals surface area contributed by atoms with Crippen molar-refractivity contribution in [1.82, 2.24) is 14.6 Å². The van der Waals surface area contributed by atoms with E-state index >= 15 is 0 Å². The van der Waals surface area contributed by atoms with Crippen LogP contribution in [0.5, 0.6) is 5.88 Å². The Kier molecular flexibility index (Phi) is 3.82. The molecule has 3 aromatic rings. The molecule has 1 atom stereocenters. The number of hydrogen-bond donors (Lipinski definition) is 2. The van der Waals surface area contributed by atoms with Gasteiger partial charge < -0.3 is 14.4 Å². The highest BCUT2D eigenvalue weighted by atomic mass is 32.1. The molecule has 0 aromatic carbocycles. The lowest BCUT2D eigenvalue weighted by atomic mass is 10.1. The topological polar surface area (TPSA) is 68.0 Å². The molecule has 0 amide bonds. The van der Waals surface area contributed by atoms with E-state index in [1.807, 2.05) is 19.1 Å². The number of quaternary nitrogens is 1. The lowest BCUT2D eigenvalue weighted by Gasteiger charge is -2.29. The van der Waals surface area contributed by atoms with Crippen molar-refractivity contribution >= 4 is 16.3 Å². The third-order valence-corrected chi connectivity index (χ3v) is 5.64. The molecule has 0 spiro atoms. The van der Waals surface area contributed by atoms with Crippen molar-refractivity contribution in [3.05, 3.63) is 34.9 Å². The first-order valence-corrected chi connectivity index (χ1v) is 9.05. The number of piperidine rings is 1. The first kappa shape index (κ1) is 14.7. The average Bonchev–Trinajstić information content (AvgIpc) is 3.29. The predicted molar refractivity (Wildman–Crippen MR) is 87.0 cm³/mol. The van der Waals surface area contributed by atoms with Crippen molar-refractivity contribution < 1.29 is 14.4 Å². The Morgan fingerprint density at radius 3 is 2.87 bits per heavy atom. The summed E-state index contributed by atoms with van der Waals surface area (Å²) in [4.78, 5) is 7.59. The molecule has 1 aliphatic heterocycles. The zero-order valence-corrected chi connectivity index (χ0v) is 14.0. The van der Waals surface area contributed by atoms with Gasteiger partial charge in [-0.1, -0.05) is 18.3 Å². The van der Waals surface area contributed by atoms with E-state index in [1.165, 1.54) is 35.5 Å². The van der Waals surface area contributed by atoms with E-state index in [1.54, 1.807) is 10.8 Å². The van der Waals surface area contributed by atoms with Gasteiger partial charge >= 0.3 is 0 Å². The van der Waals surface area contributed by atoms with E-state index in [0.29, 0.717) is 0 Å². The fourth-order valence-corrected chi connectivity index (χ4v) is 4.53. The summed E-state index contributed by atoms with van der Waals surface area (Å²) in [5.74, 6) is 1.87. The van der Waals surface area contributed by atoms with E-state index in [0.717, 1.165) is 40.9 Å². The molecule has 4 heterocycles. The summed E-state index contributed by atoms with van der Waals surface area (Å²) in [5, 5.41) is 15.1. The standard InChI is InChI=1S/C16H20N4O2S/c1-2-12-17-16-20(18-12)15(21)14(23-16)13(11-7-6-10-22-11)19-8-4-3-5-9-19/h6-7,10,13,21H,2-5,8-9H2,1H3/p+1/t13-/m1/s1. The molecule has 0 unspecified atom stereocenters. The van der Waals surface area contributed by atoms with Crippen molar-refractivity contribution in [2.24, 2.45) is 0 Å². The van der Waals surface area contributed by atoms with Crippen LogP contribution in [-0.2, 0) is 6.42 Å². The highest BCUT2D eigenvalue weighted by Crippen LogP contribution is 2.35. The molecule has 0 radical (unpaired) electrons. The molecule has 3 aromatic heterocycles. The quantitative estimate of drug-likeness (QED) is 0.764. The molecule has 23 heavy (non-hydrogen) atoms. The van der Waals surface area contributed by atoms with Gasteiger partial charge in [0, 0.05) is 6.42 Å². The highest BCUT2D eigenvalue weighted by molar-refractivity contribution is 7.17. The number of likely N-dealkylation sites (tertiary alicyclic amines) is 1. The number of nitrogens with zero attached hydrogens (tertiary/aromatic N) is 3. The summed E-state index contributed by atoms with van der Waals surface area (Å²) in [6, 6.07) is 3.93. The van der Waals surface area contributed by atoms with Gasteiger partial charge in [-0.05, 0) is 31.4 Å². The molecule has 122 valence electrons. The van der Waals surface area contributed by atoms with E-state index in [2.05, 4.69) is 10.1 Å². The number of furan rings is 1. The van der Waals surface area contributed by atoms with Crippen molar-refractivity contribution in [2.45, 2.75) is 38.6 Å². The maximum Gasteiger partial charge on any atom is 0.235 e. The Labute approximate surface area is 138 Å². The molecule has 1 saturated heterocycles. The fraction of sp³-hybridized carbons (Fsp3) is 0.500. The minimum atomic E-state index is 0.0175. The molecule has 7 heteroatoms. The molecule has 6 nitrogen and oxygen atoms in total. The molecule has 0 aliphatic carbocycles. The molecule has 2 N–H and O–H groups in total. The van der Waals surface area contributed by atoms with Gasteiger partial charge in [0.05, 0.1) is 19.4 Å². The number of aromatic nitrogens is 3. The number of thiazole rings is 1. The smallest absolute Gasteiger partial charge is 0.235 e. The van der Waals surface area contributed by atoms with Gasteiger partial charge in [0.2, 0.25) is 10.8 Å². The summed E-state index contributed by atoms with van der Waals surface area (Å²) in [5.41, 5.74) is 0. The largest absolute Gasteiger partial charge is 0.492 e. The van der Waals surface area contributed by atoms with Crippen LogP contribution in [0.15, 0.2) is 22.8 Å². The Morgan fingerprint density at radius 2 is 2.22 bits per heavy atom. The zero-order chi connectivity index (χ0) is 15.8. The van der Waals surface area contributed by atoms with E-state index in [-0.39, 0.29) is 11.9 Å². The van der Waals surface area contributed by atoms with E-state index in [4.69, 9.17) is 4.42 Å².